The van der Waals surface area contributed by atoms with Crippen molar-refractivity contribution in [2.45, 2.75) is 17.7 Å². The topological polar surface area (TPSA) is 131 Å². The van der Waals surface area contributed by atoms with Gasteiger partial charge in [0.25, 0.3) is 0 Å². The van der Waals surface area contributed by atoms with Crippen LogP contribution in [0.15, 0.2) is 29.4 Å². The summed E-state index contributed by atoms with van der Waals surface area (Å²) < 4.78 is 5.38. The number of anilines is 3. The number of nitrogens with zero attached hydrogens (tertiary/aromatic N) is 4. The predicted molar refractivity (Wildman–Crippen MR) is 109 cm³/mol. The first kappa shape index (κ1) is 21.1. The Kier molecular flexibility index (Phi) is 6.10. The summed E-state index contributed by atoms with van der Waals surface area (Å²) in [5.41, 5.74) is -1.18. The summed E-state index contributed by atoms with van der Waals surface area (Å²) in [5, 5.41) is 25.1. The molecule has 0 bridgehead atoms. The van der Waals surface area contributed by atoms with E-state index in [-0.39, 0.29) is 37.0 Å². The molecule has 0 aliphatic carbocycles. The van der Waals surface area contributed by atoms with Crippen LogP contribution in [0, 0.1) is 10.1 Å². The Morgan fingerprint density at radius 2 is 2.07 bits per heavy atom. The summed E-state index contributed by atoms with van der Waals surface area (Å²) in [5.74, 6) is -1.06. The minimum Gasteiger partial charge on any atom is -0.479 e. The molecule has 0 saturated carbocycles. The molecule has 29 heavy (non-hydrogen) atoms. The van der Waals surface area contributed by atoms with Crippen LogP contribution in [0.2, 0.25) is 5.02 Å². The SMILES string of the molecule is CCOC1(C(=O)O)CN(c2nc(SC)nc(Nc3ccc(Cl)cc3)c2[N+](=O)[O-])C1. The number of aromatic nitrogens is 2. The van der Waals surface area contributed by atoms with Crippen molar-refractivity contribution in [3.05, 3.63) is 39.4 Å². The highest BCUT2D eigenvalue weighted by molar-refractivity contribution is 7.98. The monoisotopic (exact) mass is 439 g/mol. The van der Waals surface area contributed by atoms with Gasteiger partial charge < -0.3 is 20.1 Å². The molecule has 12 heteroatoms. The molecule has 1 aromatic heterocycles. The molecule has 154 valence electrons. The Morgan fingerprint density at radius 1 is 1.41 bits per heavy atom. The number of nitrogens with one attached hydrogen (secondary N) is 1. The number of hydrogen-bond donors (Lipinski definition) is 2. The van der Waals surface area contributed by atoms with E-state index in [1.165, 1.54) is 16.7 Å². The lowest BCUT2D eigenvalue weighted by atomic mass is 9.93. The molecule has 2 aromatic rings. The normalized spacial score (nSPS) is 14.9. The molecule has 2 N–H and O–H groups in total. The summed E-state index contributed by atoms with van der Waals surface area (Å²) in [6.45, 7) is 1.80. The van der Waals surface area contributed by atoms with E-state index in [0.29, 0.717) is 15.9 Å². The molecule has 0 radical (unpaired) electrons. The molecule has 1 saturated heterocycles. The zero-order valence-corrected chi connectivity index (χ0v) is 17.2. The summed E-state index contributed by atoms with van der Waals surface area (Å²) in [6.07, 6.45) is 1.74. The quantitative estimate of drug-likeness (QED) is 0.273. The number of rotatable bonds is 8. The summed E-state index contributed by atoms with van der Waals surface area (Å²) in [6, 6.07) is 6.62. The smallest absolute Gasteiger partial charge is 0.353 e. The molecular formula is C17H18ClN5O5S. The molecule has 1 fully saturated rings. The third kappa shape index (κ3) is 4.21. The lowest BCUT2D eigenvalue weighted by Gasteiger charge is -2.46. The summed E-state index contributed by atoms with van der Waals surface area (Å²) in [7, 11) is 0. The van der Waals surface area contributed by atoms with Crippen LogP contribution in [0.25, 0.3) is 0 Å². The Hall–Kier alpha value is -2.63. The average molecular weight is 440 g/mol. The van der Waals surface area contributed by atoms with Crippen molar-refractivity contribution in [1.29, 1.82) is 0 Å². The van der Waals surface area contributed by atoms with Crippen molar-refractivity contribution in [3.63, 3.8) is 0 Å². The van der Waals surface area contributed by atoms with Gasteiger partial charge in [-0.2, -0.15) is 9.97 Å². The van der Waals surface area contributed by atoms with Crippen molar-refractivity contribution in [2.75, 3.05) is 36.2 Å². The van der Waals surface area contributed by atoms with Crippen LogP contribution in [-0.4, -0.2) is 57.5 Å². The van der Waals surface area contributed by atoms with Crippen molar-refractivity contribution < 1.29 is 19.6 Å². The number of ether oxygens (including phenoxy) is 1. The number of carbonyl (C=O) groups is 1. The summed E-state index contributed by atoms with van der Waals surface area (Å²) >= 11 is 7.10. The number of aliphatic carboxylic acids is 1. The Bertz CT molecular complexity index is 937. The predicted octanol–water partition coefficient (Wildman–Crippen LogP) is 3.18. The number of carboxylic acids is 1. The van der Waals surface area contributed by atoms with Gasteiger partial charge in [-0.15, -0.1) is 0 Å². The van der Waals surface area contributed by atoms with Gasteiger partial charge in [0, 0.05) is 17.3 Å². The fraction of sp³-hybridized carbons (Fsp3) is 0.353. The minimum atomic E-state index is -1.41. The van der Waals surface area contributed by atoms with Crippen LogP contribution in [0.1, 0.15) is 6.92 Å². The second-order valence-corrected chi connectivity index (χ2v) is 7.42. The largest absolute Gasteiger partial charge is 0.479 e. The standard InChI is InChI=1S/C17H18ClN5O5S/c1-3-28-17(15(24)25)8-22(9-17)14-12(23(26)27)13(20-16(21-14)29-2)19-11-6-4-10(18)5-7-11/h4-7H,3,8-9H2,1-2H3,(H,24,25)(H,19,20,21). The van der Waals surface area contributed by atoms with Crippen LogP contribution in [0.5, 0.6) is 0 Å². The third-order valence-electron chi connectivity index (χ3n) is 4.32. The molecule has 2 heterocycles. The fourth-order valence-corrected chi connectivity index (χ4v) is 3.43. The van der Waals surface area contributed by atoms with E-state index in [0.717, 1.165) is 0 Å². The van der Waals surface area contributed by atoms with Gasteiger partial charge in [0.2, 0.25) is 11.6 Å². The van der Waals surface area contributed by atoms with E-state index in [2.05, 4.69) is 15.3 Å². The second kappa shape index (κ2) is 8.39. The first-order valence-corrected chi connectivity index (χ1v) is 10.1. The number of hydrogen-bond acceptors (Lipinski definition) is 9. The van der Waals surface area contributed by atoms with Gasteiger partial charge in [0.15, 0.2) is 10.8 Å². The maximum absolute atomic E-state index is 11.8. The molecule has 1 aromatic carbocycles. The maximum atomic E-state index is 11.8. The Labute approximate surface area is 175 Å². The zero-order chi connectivity index (χ0) is 21.2. The van der Waals surface area contributed by atoms with Gasteiger partial charge in [-0.3, -0.25) is 10.1 Å². The molecule has 3 rings (SSSR count). The van der Waals surface area contributed by atoms with E-state index < -0.39 is 16.5 Å². The number of thioether (sulfide) groups is 1. The van der Waals surface area contributed by atoms with Crippen LogP contribution in [0.3, 0.4) is 0 Å². The van der Waals surface area contributed by atoms with Crippen molar-refractivity contribution in [3.8, 4) is 0 Å². The molecular weight excluding hydrogens is 422 g/mol. The molecule has 0 amide bonds. The van der Waals surface area contributed by atoms with E-state index in [1.807, 2.05) is 0 Å². The number of nitro groups is 1. The Balaban J connectivity index is 2.00. The average Bonchev–Trinajstić information content (AvgIpc) is 2.65. The summed E-state index contributed by atoms with van der Waals surface area (Å²) in [4.78, 5) is 32.9. The van der Waals surface area contributed by atoms with Crippen molar-refractivity contribution in [1.82, 2.24) is 9.97 Å². The van der Waals surface area contributed by atoms with Gasteiger partial charge >= 0.3 is 11.7 Å². The van der Waals surface area contributed by atoms with Crippen LogP contribution < -0.4 is 10.2 Å². The minimum absolute atomic E-state index is 0.0101. The highest BCUT2D eigenvalue weighted by Crippen LogP contribution is 2.40. The van der Waals surface area contributed by atoms with Gasteiger partial charge in [-0.25, -0.2) is 4.79 Å². The number of carboxylic acid groups (broad SMARTS) is 1. The van der Waals surface area contributed by atoms with Gasteiger partial charge in [0.05, 0.1) is 18.0 Å². The van der Waals surface area contributed by atoms with E-state index in [4.69, 9.17) is 16.3 Å². The number of halogens is 1. The first-order chi connectivity index (χ1) is 13.8. The highest BCUT2D eigenvalue weighted by atomic mass is 35.5. The van der Waals surface area contributed by atoms with Gasteiger partial charge in [-0.1, -0.05) is 23.4 Å². The molecule has 1 aliphatic rings. The molecule has 10 nitrogen and oxygen atoms in total. The third-order valence-corrected chi connectivity index (χ3v) is 5.12. The number of benzene rings is 1. The molecule has 0 atom stereocenters. The van der Waals surface area contributed by atoms with Gasteiger partial charge in [0.1, 0.15) is 0 Å². The lowest BCUT2D eigenvalue weighted by molar-refractivity contribution is -0.383. The maximum Gasteiger partial charge on any atom is 0.353 e. The van der Waals surface area contributed by atoms with Crippen molar-refractivity contribution in [2.24, 2.45) is 0 Å². The van der Waals surface area contributed by atoms with Crippen molar-refractivity contribution >= 4 is 52.3 Å². The second-order valence-electron chi connectivity index (χ2n) is 6.21. The van der Waals surface area contributed by atoms with E-state index in [1.54, 1.807) is 37.4 Å². The highest BCUT2D eigenvalue weighted by Gasteiger charge is 2.53. The Morgan fingerprint density at radius 3 is 2.59 bits per heavy atom. The zero-order valence-electron chi connectivity index (χ0n) is 15.6. The molecule has 0 spiro atoms. The van der Waals surface area contributed by atoms with E-state index >= 15 is 0 Å². The molecule has 0 unspecified atom stereocenters. The van der Waals surface area contributed by atoms with Crippen LogP contribution in [0.4, 0.5) is 23.0 Å². The first-order valence-electron chi connectivity index (χ1n) is 8.55. The lowest BCUT2D eigenvalue weighted by Crippen LogP contribution is -2.68. The fourth-order valence-electron chi connectivity index (χ4n) is 2.94. The van der Waals surface area contributed by atoms with Crippen LogP contribution in [-0.2, 0) is 9.53 Å². The van der Waals surface area contributed by atoms with Crippen LogP contribution >= 0.6 is 23.4 Å². The van der Waals surface area contributed by atoms with E-state index in [9.17, 15) is 20.0 Å². The molecule has 1 aliphatic heterocycles. The van der Waals surface area contributed by atoms with Gasteiger partial charge in [-0.05, 0) is 37.4 Å².